The van der Waals surface area contributed by atoms with Crippen molar-refractivity contribution < 1.29 is 28.4 Å². The van der Waals surface area contributed by atoms with Crippen molar-refractivity contribution in [2.45, 2.75) is 36.9 Å². The third kappa shape index (κ3) is 8.64. The van der Waals surface area contributed by atoms with Crippen LogP contribution in [0.1, 0.15) is 24.0 Å². The Morgan fingerprint density at radius 3 is 1.49 bits per heavy atom. The number of hydrogen-bond acceptors (Lipinski definition) is 9. The second kappa shape index (κ2) is 17.7. The highest BCUT2D eigenvalue weighted by Gasteiger charge is 2.26. The molecule has 0 saturated carbocycles. The molecule has 1 aliphatic heterocycles. The summed E-state index contributed by atoms with van der Waals surface area (Å²) in [6, 6.07) is 35.0. The van der Waals surface area contributed by atoms with Crippen molar-refractivity contribution in [3.8, 4) is 56.8 Å². The summed E-state index contributed by atoms with van der Waals surface area (Å²) < 4.78 is 33.7. The first-order chi connectivity index (χ1) is 25.9. The fraction of sp³-hybridized carbons (Fsp3) is 0.318. The summed E-state index contributed by atoms with van der Waals surface area (Å²) in [4.78, 5) is 6.44. The molecule has 0 amide bonds. The van der Waals surface area contributed by atoms with Crippen LogP contribution in [0.2, 0.25) is 0 Å². The fourth-order valence-electron chi connectivity index (χ4n) is 7.24. The van der Waals surface area contributed by atoms with Gasteiger partial charge in [0, 0.05) is 42.8 Å². The van der Waals surface area contributed by atoms with Crippen molar-refractivity contribution in [3.05, 3.63) is 108 Å². The lowest BCUT2D eigenvalue weighted by molar-refractivity contribution is 0.201. The van der Waals surface area contributed by atoms with E-state index in [1.165, 1.54) is 21.7 Å². The van der Waals surface area contributed by atoms with E-state index in [2.05, 4.69) is 88.9 Å². The molecule has 1 heterocycles. The summed E-state index contributed by atoms with van der Waals surface area (Å²) in [5.41, 5.74) is 8.03. The Balaban J connectivity index is 1.20. The number of piperidine rings is 1. The molecule has 0 aromatic heterocycles. The lowest BCUT2D eigenvalue weighted by Crippen LogP contribution is -2.44. The number of anilines is 1. The van der Waals surface area contributed by atoms with Gasteiger partial charge >= 0.3 is 0 Å². The fourth-order valence-corrected chi connectivity index (χ4v) is 7.65. The molecule has 5 aromatic rings. The molecule has 53 heavy (non-hydrogen) atoms. The predicted octanol–water partition coefficient (Wildman–Crippen LogP) is 9.47. The van der Waals surface area contributed by atoms with Crippen LogP contribution in [0.4, 0.5) is 5.69 Å². The van der Waals surface area contributed by atoms with Gasteiger partial charge in [-0.3, -0.25) is 4.90 Å². The van der Waals surface area contributed by atoms with E-state index >= 15 is 0 Å². The molecule has 0 atom stereocenters. The van der Waals surface area contributed by atoms with E-state index in [9.17, 15) is 0 Å². The average Bonchev–Trinajstić information content (AvgIpc) is 3.22. The van der Waals surface area contributed by atoms with Gasteiger partial charge in [0.2, 0.25) is 11.5 Å². The Morgan fingerprint density at radius 1 is 0.566 bits per heavy atom. The minimum Gasteiger partial charge on any atom is -0.493 e. The number of ether oxygens (including phenoxy) is 6. The van der Waals surface area contributed by atoms with Crippen LogP contribution in [0, 0.1) is 0 Å². The highest BCUT2D eigenvalue weighted by Crippen LogP contribution is 2.43. The second-order valence-electron chi connectivity index (χ2n) is 13.1. The molecule has 278 valence electrons. The Morgan fingerprint density at radius 2 is 1.04 bits per heavy atom. The minimum absolute atomic E-state index is 0.404. The zero-order valence-corrected chi connectivity index (χ0v) is 32.6. The van der Waals surface area contributed by atoms with Gasteiger partial charge in [-0.1, -0.05) is 36.4 Å². The summed E-state index contributed by atoms with van der Waals surface area (Å²) in [5, 5.41) is 0. The quantitative estimate of drug-likeness (QED) is 0.0980. The first kappa shape index (κ1) is 37.8. The molecule has 1 aliphatic rings. The number of nitrogens with zero attached hydrogens (tertiary/aromatic N) is 2. The highest BCUT2D eigenvalue weighted by molar-refractivity contribution is 7.98. The van der Waals surface area contributed by atoms with Crippen molar-refractivity contribution >= 4 is 17.4 Å². The van der Waals surface area contributed by atoms with Crippen molar-refractivity contribution in [2.24, 2.45) is 0 Å². The van der Waals surface area contributed by atoms with Gasteiger partial charge in [0.05, 0.1) is 42.7 Å². The molecule has 0 bridgehead atoms. The zero-order chi connectivity index (χ0) is 37.3. The molecule has 0 spiro atoms. The van der Waals surface area contributed by atoms with Crippen LogP contribution in [0.5, 0.6) is 34.5 Å². The van der Waals surface area contributed by atoms with E-state index in [-0.39, 0.29) is 0 Å². The SMILES string of the molecule is COc1cc(-c2cccc(CN3CCC(N(Cc4cccc(-c5cc(OC)c(OC)c(OC)c5)c4)c4ccc(SC)cc4)CC3)c2)cc(OC)c1OC. The van der Waals surface area contributed by atoms with Gasteiger partial charge < -0.3 is 33.3 Å². The Bertz CT molecular complexity index is 1930. The zero-order valence-electron chi connectivity index (χ0n) is 31.8. The maximum absolute atomic E-state index is 5.66. The van der Waals surface area contributed by atoms with Gasteiger partial charge in [-0.25, -0.2) is 0 Å². The predicted molar refractivity (Wildman–Crippen MR) is 216 cm³/mol. The largest absolute Gasteiger partial charge is 0.493 e. The molecule has 0 unspecified atom stereocenters. The molecule has 1 fully saturated rings. The van der Waals surface area contributed by atoms with Crippen molar-refractivity contribution in [2.75, 3.05) is 66.9 Å². The van der Waals surface area contributed by atoms with Gasteiger partial charge in [-0.15, -0.1) is 11.8 Å². The minimum atomic E-state index is 0.404. The topological polar surface area (TPSA) is 61.9 Å². The molecule has 8 nitrogen and oxygen atoms in total. The number of hydrogen-bond donors (Lipinski definition) is 0. The van der Waals surface area contributed by atoms with E-state index in [0.717, 1.165) is 61.3 Å². The third-order valence-corrected chi connectivity index (χ3v) is 10.8. The van der Waals surface area contributed by atoms with E-state index in [4.69, 9.17) is 28.4 Å². The Hall–Kier alpha value is -4.99. The average molecular weight is 735 g/mol. The van der Waals surface area contributed by atoms with Gasteiger partial charge in [-0.05, 0) is 113 Å². The monoisotopic (exact) mass is 734 g/mol. The Labute approximate surface area is 318 Å². The van der Waals surface area contributed by atoms with Crippen LogP contribution >= 0.6 is 11.8 Å². The van der Waals surface area contributed by atoms with Gasteiger partial charge in [-0.2, -0.15) is 0 Å². The second-order valence-corrected chi connectivity index (χ2v) is 13.9. The number of rotatable bonds is 15. The maximum Gasteiger partial charge on any atom is 0.203 e. The summed E-state index contributed by atoms with van der Waals surface area (Å²) in [6.45, 7) is 3.73. The molecule has 9 heteroatoms. The molecule has 0 aliphatic carbocycles. The van der Waals surface area contributed by atoms with Crippen LogP contribution in [0.15, 0.2) is 102 Å². The van der Waals surface area contributed by atoms with E-state index < -0.39 is 0 Å². The lowest BCUT2D eigenvalue weighted by Gasteiger charge is -2.40. The molecule has 0 N–H and O–H groups in total. The van der Waals surface area contributed by atoms with Crippen LogP contribution < -0.4 is 33.3 Å². The van der Waals surface area contributed by atoms with Crippen molar-refractivity contribution in [1.29, 1.82) is 0 Å². The summed E-state index contributed by atoms with van der Waals surface area (Å²) in [7, 11) is 9.85. The number of methoxy groups -OCH3 is 6. The van der Waals surface area contributed by atoms with Gasteiger partial charge in [0.25, 0.3) is 0 Å². The summed E-state index contributed by atoms with van der Waals surface area (Å²) in [5.74, 6) is 3.76. The molecular formula is C44H50N2O6S. The smallest absolute Gasteiger partial charge is 0.203 e. The first-order valence-electron chi connectivity index (χ1n) is 17.8. The van der Waals surface area contributed by atoms with Crippen molar-refractivity contribution in [3.63, 3.8) is 0 Å². The van der Waals surface area contributed by atoms with Gasteiger partial charge in [0.1, 0.15) is 0 Å². The molecule has 0 radical (unpaired) electrons. The van der Waals surface area contributed by atoms with Crippen LogP contribution in [-0.4, -0.2) is 72.9 Å². The molecule has 5 aromatic carbocycles. The van der Waals surface area contributed by atoms with E-state index in [1.807, 2.05) is 24.3 Å². The van der Waals surface area contributed by atoms with Gasteiger partial charge in [0.15, 0.2) is 23.0 Å². The highest BCUT2D eigenvalue weighted by atomic mass is 32.2. The first-order valence-corrected chi connectivity index (χ1v) is 19.1. The number of thioether (sulfide) groups is 1. The van der Waals surface area contributed by atoms with E-state index in [0.29, 0.717) is 40.5 Å². The normalized spacial score (nSPS) is 13.3. The lowest BCUT2D eigenvalue weighted by atomic mass is 9.98. The van der Waals surface area contributed by atoms with Crippen LogP contribution in [-0.2, 0) is 13.1 Å². The summed E-state index contributed by atoms with van der Waals surface area (Å²) >= 11 is 1.77. The molecular weight excluding hydrogens is 685 g/mol. The van der Waals surface area contributed by atoms with Crippen LogP contribution in [0.25, 0.3) is 22.3 Å². The molecule has 1 saturated heterocycles. The number of likely N-dealkylation sites (tertiary alicyclic amines) is 1. The van der Waals surface area contributed by atoms with Crippen LogP contribution in [0.3, 0.4) is 0 Å². The third-order valence-electron chi connectivity index (χ3n) is 10.0. The molecule has 6 rings (SSSR count). The maximum atomic E-state index is 5.66. The Kier molecular flexibility index (Phi) is 12.6. The van der Waals surface area contributed by atoms with Crippen molar-refractivity contribution in [1.82, 2.24) is 4.90 Å². The summed E-state index contributed by atoms with van der Waals surface area (Å²) in [6.07, 6.45) is 4.27. The van der Waals surface area contributed by atoms with E-state index in [1.54, 1.807) is 54.4 Å². The number of benzene rings is 5. The standard InChI is InChI=1S/C44H50N2O6S/c1-47-39-24-34(25-40(48-2)43(39)51-5)32-12-8-10-30(22-32)28-45-20-18-37(19-21-45)46(36-14-16-38(53-7)17-15-36)29-31-11-9-13-33(23-31)35-26-41(49-3)44(52-6)42(27-35)50-4/h8-17,22-27,37H,18-21,28-29H2,1-7H3.